The molecule has 1 N–H and O–H groups in total. The van der Waals surface area contributed by atoms with Gasteiger partial charge in [0.1, 0.15) is 0 Å². The molecule has 0 bridgehead atoms. The first-order valence-electron chi connectivity index (χ1n) is 8.95. The first-order chi connectivity index (χ1) is 13.6. The molecule has 2 aromatic rings. The minimum Gasteiger partial charge on any atom is -0.375 e. The standard InChI is InChI=1S/C19H20Cl3N3O3S/c1-3-24(2)14-8-12(20)7-13(9-14)23-19(26)16-10-15(11-17(21)18(16)22)25-5-4-6-29(25,27)28/h7-11H,3-6H2,1-2H3,(H,23,26). The molecule has 1 aliphatic rings. The number of carbonyl (C=O) groups is 1. The van der Waals surface area contributed by atoms with E-state index in [0.717, 1.165) is 12.2 Å². The van der Waals surface area contributed by atoms with E-state index >= 15 is 0 Å². The van der Waals surface area contributed by atoms with Gasteiger partial charge in [-0.05, 0) is 43.7 Å². The van der Waals surface area contributed by atoms with Crippen LogP contribution in [-0.4, -0.2) is 40.2 Å². The zero-order valence-electron chi connectivity index (χ0n) is 15.9. The van der Waals surface area contributed by atoms with Crippen molar-refractivity contribution >= 4 is 67.8 Å². The molecule has 0 aromatic heterocycles. The van der Waals surface area contributed by atoms with Gasteiger partial charge >= 0.3 is 0 Å². The first-order valence-corrected chi connectivity index (χ1v) is 11.7. The molecule has 1 saturated heterocycles. The molecule has 0 spiro atoms. The van der Waals surface area contributed by atoms with E-state index in [0.29, 0.717) is 29.4 Å². The zero-order valence-corrected chi connectivity index (χ0v) is 19.0. The molecule has 1 amide bonds. The van der Waals surface area contributed by atoms with Crippen molar-refractivity contribution in [3.05, 3.63) is 51.0 Å². The monoisotopic (exact) mass is 475 g/mol. The lowest BCUT2D eigenvalue weighted by Crippen LogP contribution is -2.25. The van der Waals surface area contributed by atoms with Gasteiger partial charge in [-0.3, -0.25) is 9.10 Å². The third-order valence-corrected chi connectivity index (χ3v) is 7.59. The predicted molar refractivity (Wildman–Crippen MR) is 121 cm³/mol. The summed E-state index contributed by atoms with van der Waals surface area (Å²) in [7, 11) is -1.51. The Labute approximate surface area is 185 Å². The fourth-order valence-corrected chi connectivity index (χ4v) is 5.25. The van der Waals surface area contributed by atoms with Crippen LogP contribution in [0.5, 0.6) is 0 Å². The highest BCUT2D eigenvalue weighted by Gasteiger charge is 2.30. The van der Waals surface area contributed by atoms with Crippen LogP contribution in [0, 0.1) is 0 Å². The average molecular weight is 477 g/mol. The summed E-state index contributed by atoms with van der Waals surface area (Å²) in [5.74, 6) is -0.451. The predicted octanol–water partition coefficient (Wildman–Crippen LogP) is 4.90. The van der Waals surface area contributed by atoms with E-state index in [1.165, 1.54) is 16.4 Å². The normalized spacial score (nSPS) is 15.4. The summed E-state index contributed by atoms with van der Waals surface area (Å²) in [4.78, 5) is 14.9. The average Bonchev–Trinajstić information content (AvgIpc) is 3.01. The van der Waals surface area contributed by atoms with Gasteiger partial charge < -0.3 is 10.2 Å². The fraction of sp³-hybridized carbons (Fsp3) is 0.316. The molecule has 0 saturated carbocycles. The van der Waals surface area contributed by atoms with E-state index in [1.807, 2.05) is 18.9 Å². The summed E-state index contributed by atoms with van der Waals surface area (Å²) in [5, 5.41) is 3.39. The maximum Gasteiger partial charge on any atom is 0.257 e. The molecule has 0 radical (unpaired) electrons. The molecule has 0 atom stereocenters. The fourth-order valence-electron chi connectivity index (χ4n) is 3.06. The van der Waals surface area contributed by atoms with Crippen molar-refractivity contribution in [3.8, 4) is 0 Å². The van der Waals surface area contributed by atoms with E-state index in [1.54, 1.807) is 18.2 Å². The van der Waals surface area contributed by atoms with Crippen LogP contribution < -0.4 is 14.5 Å². The van der Waals surface area contributed by atoms with Gasteiger partial charge in [0.15, 0.2) is 0 Å². The summed E-state index contributed by atoms with van der Waals surface area (Å²) < 4.78 is 25.7. The van der Waals surface area contributed by atoms with Gasteiger partial charge in [-0.2, -0.15) is 0 Å². The summed E-state index contributed by atoms with van der Waals surface area (Å²) in [6, 6.07) is 8.10. The van der Waals surface area contributed by atoms with Crippen LogP contribution in [0.1, 0.15) is 23.7 Å². The van der Waals surface area contributed by atoms with Crippen molar-refractivity contribution < 1.29 is 13.2 Å². The Balaban J connectivity index is 1.95. The third-order valence-electron chi connectivity index (χ3n) is 4.70. The van der Waals surface area contributed by atoms with Gasteiger partial charge in [0.05, 0.1) is 27.0 Å². The van der Waals surface area contributed by atoms with Crippen LogP contribution in [0.2, 0.25) is 15.1 Å². The molecule has 1 fully saturated rings. The number of amides is 1. The van der Waals surface area contributed by atoms with Crippen molar-refractivity contribution in [1.29, 1.82) is 0 Å². The number of nitrogens with one attached hydrogen (secondary N) is 1. The number of hydrogen-bond acceptors (Lipinski definition) is 4. The first kappa shape index (κ1) is 22.0. The highest BCUT2D eigenvalue weighted by atomic mass is 35.5. The van der Waals surface area contributed by atoms with Crippen LogP contribution >= 0.6 is 34.8 Å². The second kappa shape index (κ2) is 8.60. The Hall–Kier alpha value is -1.67. The van der Waals surface area contributed by atoms with Crippen molar-refractivity contribution in [2.24, 2.45) is 0 Å². The van der Waals surface area contributed by atoms with Crippen molar-refractivity contribution in [3.63, 3.8) is 0 Å². The number of hydrogen-bond donors (Lipinski definition) is 1. The molecule has 156 valence electrons. The van der Waals surface area contributed by atoms with E-state index in [2.05, 4.69) is 5.32 Å². The van der Waals surface area contributed by atoms with Crippen LogP contribution in [0.3, 0.4) is 0 Å². The molecule has 1 aliphatic heterocycles. The zero-order chi connectivity index (χ0) is 21.3. The van der Waals surface area contributed by atoms with Crippen LogP contribution in [0.25, 0.3) is 0 Å². The molecule has 6 nitrogen and oxygen atoms in total. The quantitative estimate of drug-likeness (QED) is 0.667. The highest BCUT2D eigenvalue weighted by Crippen LogP contribution is 2.35. The lowest BCUT2D eigenvalue weighted by molar-refractivity contribution is 0.102. The van der Waals surface area contributed by atoms with E-state index in [9.17, 15) is 13.2 Å². The second-order valence-electron chi connectivity index (χ2n) is 6.70. The third kappa shape index (κ3) is 4.74. The maximum absolute atomic E-state index is 12.9. The molecule has 29 heavy (non-hydrogen) atoms. The molecule has 0 aliphatic carbocycles. The summed E-state index contributed by atoms with van der Waals surface area (Å²) in [6.45, 7) is 3.10. The van der Waals surface area contributed by atoms with Crippen molar-refractivity contribution in [2.75, 3.05) is 40.4 Å². The number of anilines is 3. The second-order valence-corrected chi connectivity index (χ2v) is 9.93. The Morgan fingerprint density at radius 2 is 1.90 bits per heavy atom. The minimum atomic E-state index is -3.42. The van der Waals surface area contributed by atoms with Crippen molar-refractivity contribution in [2.45, 2.75) is 13.3 Å². The van der Waals surface area contributed by atoms with Crippen LogP contribution in [-0.2, 0) is 10.0 Å². The number of sulfonamides is 1. The maximum atomic E-state index is 12.9. The van der Waals surface area contributed by atoms with Crippen molar-refractivity contribution in [1.82, 2.24) is 0 Å². The molecule has 1 heterocycles. The SMILES string of the molecule is CCN(C)c1cc(Cl)cc(NC(=O)c2cc(N3CCCS3(=O)=O)cc(Cl)c2Cl)c1. The molecule has 0 unspecified atom stereocenters. The Bertz CT molecular complexity index is 1060. The number of carbonyl (C=O) groups excluding carboxylic acids is 1. The number of halogens is 3. The number of nitrogens with zero attached hydrogens (tertiary/aromatic N) is 2. The minimum absolute atomic E-state index is 0.0532. The lowest BCUT2D eigenvalue weighted by Gasteiger charge is -2.20. The summed E-state index contributed by atoms with van der Waals surface area (Å²) >= 11 is 18.6. The van der Waals surface area contributed by atoms with Crippen LogP contribution in [0.4, 0.5) is 17.1 Å². The summed E-state index contributed by atoms with van der Waals surface area (Å²) in [6.07, 6.45) is 0.514. The Morgan fingerprint density at radius 3 is 2.52 bits per heavy atom. The molecule has 2 aromatic carbocycles. The van der Waals surface area contributed by atoms with Gasteiger partial charge in [0.2, 0.25) is 10.0 Å². The number of rotatable bonds is 5. The molecule has 10 heteroatoms. The Kier molecular flexibility index (Phi) is 6.53. The van der Waals surface area contributed by atoms with E-state index < -0.39 is 15.9 Å². The lowest BCUT2D eigenvalue weighted by atomic mass is 10.1. The van der Waals surface area contributed by atoms with Gasteiger partial charge in [-0.15, -0.1) is 0 Å². The Morgan fingerprint density at radius 1 is 1.17 bits per heavy atom. The van der Waals surface area contributed by atoms with Gasteiger partial charge in [-0.1, -0.05) is 34.8 Å². The smallest absolute Gasteiger partial charge is 0.257 e. The molecular formula is C19H20Cl3N3O3S. The number of benzene rings is 2. The topological polar surface area (TPSA) is 69.7 Å². The van der Waals surface area contributed by atoms with Gasteiger partial charge in [0, 0.05) is 36.5 Å². The molecular weight excluding hydrogens is 457 g/mol. The largest absolute Gasteiger partial charge is 0.375 e. The molecule has 3 rings (SSSR count). The highest BCUT2D eigenvalue weighted by molar-refractivity contribution is 7.93. The van der Waals surface area contributed by atoms with E-state index in [4.69, 9.17) is 34.8 Å². The van der Waals surface area contributed by atoms with E-state index in [-0.39, 0.29) is 21.4 Å². The van der Waals surface area contributed by atoms with Crippen LogP contribution in [0.15, 0.2) is 30.3 Å². The van der Waals surface area contributed by atoms with Gasteiger partial charge in [-0.25, -0.2) is 8.42 Å². The summed E-state index contributed by atoms with van der Waals surface area (Å²) in [5.41, 5.74) is 1.74. The van der Waals surface area contributed by atoms with Gasteiger partial charge in [0.25, 0.3) is 5.91 Å².